The first-order valence-corrected chi connectivity index (χ1v) is 7.92. The maximum absolute atomic E-state index is 13.8. The summed E-state index contributed by atoms with van der Waals surface area (Å²) in [5, 5.41) is 2.83. The van der Waals surface area contributed by atoms with Crippen molar-refractivity contribution in [2.24, 2.45) is 11.8 Å². The first-order valence-electron chi connectivity index (χ1n) is 7.92. The monoisotopic (exact) mass is 319 g/mol. The average molecular weight is 319 g/mol. The van der Waals surface area contributed by atoms with E-state index in [-0.39, 0.29) is 11.9 Å². The van der Waals surface area contributed by atoms with Crippen LogP contribution in [0.3, 0.4) is 0 Å². The molecular formula is C19H23F2NO. The van der Waals surface area contributed by atoms with Gasteiger partial charge in [-0.15, -0.1) is 0 Å². The lowest BCUT2D eigenvalue weighted by atomic mass is 10.1. The lowest BCUT2D eigenvalue weighted by Gasteiger charge is -2.15. The van der Waals surface area contributed by atoms with Crippen LogP contribution in [0.2, 0.25) is 0 Å². The molecule has 2 nitrogen and oxygen atoms in total. The largest absolute Gasteiger partial charge is 0.350 e. The molecule has 0 saturated heterocycles. The molecule has 1 amide bonds. The summed E-state index contributed by atoms with van der Waals surface area (Å²) >= 11 is 0. The molecule has 1 aromatic rings. The number of halogens is 2. The third-order valence-corrected chi connectivity index (χ3v) is 4.31. The van der Waals surface area contributed by atoms with Crippen LogP contribution < -0.4 is 5.32 Å². The number of amides is 1. The predicted octanol–water partition coefficient (Wildman–Crippen LogP) is 4.31. The van der Waals surface area contributed by atoms with Crippen molar-refractivity contribution in [1.82, 2.24) is 5.32 Å². The second-order valence-electron chi connectivity index (χ2n) is 6.37. The normalized spacial score (nSPS) is 24.3. The molecule has 1 aromatic carbocycles. The highest BCUT2D eigenvalue weighted by molar-refractivity contribution is 5.87. The summed E-state index contributed by atoms with van der Waals surface area (Å²) in [7, 11) is 0. The Morgan fingerprint density at radius 2 is 1.83 bits per heavy atom. The number of nitrogens with one attached hydrogen (secondary N) is 1. The molecule has 0 radical (unpaired) electrons. The van der Waals surface area contributed by atoms with Crippen LogP contribution in [0.4, 0.5) is 8.78 Å². The minimum Gasteiger partial charge on any atom is -0.350 e. The van der Waals surface area contributed by atoms with Gasteiger partial charge in [0.25, 0.3) is 5.92 Å². The maximum atomic E-state index is 13.8. The van der Waals surface area contributed by atoms with Crippen LogP contribution in [0.1, 0.15) is 32.3 Å². The molecule has 3 atom stereocenters. The van der Waals surface area contributed by atoms with E-state index in [2.05, 4.69) is 5.32 Å². The minimum atomic E-state index is -2.71. The summed E-state index contributed by atoms with van der Waals surface area (Å²) in [5.74, 6) is -4.13. The van der Waals surface area contributed by atoms with E-state index in [1.165, 1.54) is 24.3 Å². The van der Waals surface area contributed by atoms with Crippen molar-refractivity contribution in [3.05, 3.63) is 60.2 Å². The lowest BCUT2D eigenvalue weighted by Crippen LogP contribution is -2.34. The zero-order chi connectivity index (χ0) is 17.0. The number of alkyl halides is 2. The number of hydrogen-bond acceptors (Lipinski definition) is 1. The Kier molecular flexibility index (Phi) is 5.34. The highest BCUT2D eigenvalue weighted by Crippen LogP contribution is 2.62. The molecule has 0 spiro atoms. The minimum absolute atomic E-state index is 0.0753. The third-order valence-electron chi connectivity index (χ3n) is 4.31. The maximum Gasteiger partial charge on any atom is 0.262 e. The van der Waals surface area contributed by atoms with Crippen LogP contribution in [0.25, 0.3) is 0 Å². The van der Waals surface area contributed by atoms with Gasteiger partial charge < -0.3 is 5.32 Å². The van der Waals surface area contributed by atoms with Gasteiger partial charge in [-0.05, 0) is 18.4 Å². The fourth-order valence-electron chi connectivity index (χ4n) is 2.45. The van der Waals surface area contributed by atoms with Gasteiger partial charge in [0.05, 0.1) is 11.8 Å². The zero-order valence-corrected chi connectivity index (χ0v) is 13.7. The summed E-state index contributed by atoms with van der Waals surface area (Å²) in [4.78, 5) is 11.7. The first-order chi connectivity index (χ1) is 10.8. The van der Waals surface area contributed by atoms with Gasteiger partial charge in [0, 0.05) is 12.1 Å². The molecule has 1 unspecified atom stereocenters. The highest BCUT2D eigenvalue weighted by atomic mass is 19.3. The molecule has 1 saturated carbocycles. The average Bonchev–Trinajstić information content (AvgIpc) is 3.05. The molecule has 0 aromatic heterocycles. The number of hydrogen-bond donors (Lipinski definition) is 1. The number of rotatable bonds is 6. The Hall–Kier alpha value is -1.97. The smallest absolute Gasteiger partial charge is 0.262 e. The first kappa shape index (κ1) is 17.4. The van der Waals surface area contributed by atoms with E-state index >= 15 is 0 Å². The molecule has 4 heteroatoms. The summed E-state index contributed by atoms with van der Waals surface area (Å²) in [5.41, 5.74) is 0.652. The van der Waals surface area contributed by atoms with Crippen molar-refractivity contribution in [3.63, 3.8) is 0 Å². The summed E-state index contributed by atoms with van der Waals surface area (Å²) < 4.78 is 27.7. The molecule has 124 valence electrons. The molecular weight excluding hydrogens is 296 g/mol. The van der Waals surface area contributed by atoms with Crippen LogP contribution >= 0.6 is 0 Å². The van der Waals surface area contributed by atoms with E-state index in [9.17, 15) is 13.6 Å². The Balaban J connectivity index is 1.89. The van der Waals surface area contributed by atoms with Gasteiger partial charge in [-0.2, -0.15) is 0 Å². The van der Waals surface area contributed by atoms with Crippen molar-refractivity contribution >= 4 is 5.91 Å². The molecule has 0 bridgehead atoms. The van der Waals surface area contributed by atoms with Crippen molar-refractivity contribution in [2.45, 2.75) is 38.7 Å². The summed E-state index contributed by atoms with van der Waals surface area (Å²) in [6.07, 6.45) is 5.89. The SMILES string of the molecule is CC(C)C(C)NC(=O)C=CC=C[C@H]1[C@H](c2ccccc2)C1(F)F. The Labute approximate surface area is 136 Å². The van der Waals surface area contributed by atoms with Gasteiger partial charge >= 0.3 is 0 Å². The van der Waals surface area contributed by atoms with Gasteiger partial charge in [0.2, 0.25) is 5.91 Å². The molecule has 2 rings (SSSR count). The van der Waals surface area contributed by atoms with Gasteiger partial charge in [0.15, 0.2) is 0 Å². The third kappa shape index (κ3) is 4.27. The number of carbonyl (C=O) groups excluding carboxylic acids is 1. The van der Waals surface area contributed by atoms with E-state index in [0.29, 0.717) is 11.5 Å². The fraction of sp³-hybridized carbons (Fsp3) is 0.421. The summed E-state index contributed by atoms with van der Waals surface area (Å²) in [6, 6.07) is 8.88. The van der Waals surface area contributed by atoms with Crippen LogP contribution in [0, 0.1) is 11.8 Å². The van der Waals surface area contributed by atoms with Crippen molar-refractivity contribution < 1.29 is 13.6 Å². The van der Waals surface area contributed by atoms with E-state index in [0.717, 1.165) is 0 Å². The Morgan fingerprint density at radius 1 is 1.17 bits per heavy atom. The van der Waals surface area contributed by atoms with Crippen LogP contribution in [-0.2, 0) is 4.79 Å². The fourth-order valence-corrected chi connectivity index (χ4v) is 2.45. The Bertz CT molecular complexity index is 593. The Morgan fingerprint density at radius 3 is 2.43 bits per heavy atom. The van der Waals surface area contributed by atoms with Gasteiger partial charge in [-0.3, -0.25) is 4.79 Å². The lowest BCUT2D eigenvalue weighted by molar-refractivity contribution is -0.117. The molecule has 0 aliphatic heterocycles. The number of carbonyl (C=O) groups is 1. The molecule has 0 heterocycles. The molecule has 1 N–H and O–H groups in total. The van der Waals surface area contributed by atoms with Crippen LogP contribution in [-0.4, -0.2) is 17.9 Å². The van der Waals surface area contributed by atoms with E-state index in [1.54, 1.807) is 24.3 Å². The number of allylic oxidation sites excluding steroid dienone is 3. The summed E-state index contributed by atoms with van der Waals surface area (Å²) in [6.45, 7) is 5.97. The van der Waals surface area contributed by atoms with Crippen molar-refractivity contribution in [1.29, 1.82) is 0 Å². The van der Waals surface area contributed by atoms with Crippen LogP contribution in [0.15, 0.2) is 54.6 Å². The second-order valence-corrected chi connectivity index (χ2v) is 6.37. The van der Waals surface area contributed by atoms with E-state index in [1.807, 2.05) is 26.8 Å². The van der Waals surface area contributed by atoms with Crippen molar-refractivity contribution in [2.75, 3.05) is 0 Å². The van der Waals surface area contributed by atoms with E-state index < -0.39 is 17.8 Å². The molecule has 1 fully saturated rings. The topological polar surface area (TPSA) is 29.1 Å². The second kappa shape index (κ2) is 7.07. The predicted molar refractivity (Wildman–Crippen MR) is 88.3 cm³/mol. The molecule has 1 aliphatic carbocycles. The molecule has 1 aliphatic rings. The number of benzene rings is 1. The van der Waals surface area contributed by atoms with E-state index in [4.69, 9.17) is 0 Å². The quantitative estimate of drug-likeness (QED) is 0.614. The molecule has 23 heavy (non-hydrogen) atoms. The zero-order valence-electron chi connectivity index (χ0n) is 13.7. The standard InChI is InChI=1S/C19H23F2NO/c1-13(2)14(3)22-17(23)12-8-7-11-16-18(19(16,20)21)15-9-5-4-6-10-15/h4-14,16,18H,1-3H3,(H,22,23)/t14?,16-,18-/m0/s1. The van der Waals surface area contributed by atoms with Crippen molar-refractivity contribution in [3.8, 4) is 0 Å². The van der Waals surface area contributed by atoms with Gasteiger partial charge in [0.1, 0.15) is 0 Å². The van der Waals surface area contributed by atoms with Gasteiger partial charge in [-0.1, -0.05) is 62.4 Å². The highest BCUT2D eigenvalue weighted by Gasteiger charge is 2.67. The van der Waals surface area contributed by atoms with Crippen LogP contribution in [0.5, 0.6) is 0 Å². The van der Waals surface area contributed by atoms with Gasteiger partial charge in [-0.25, -0.2) is 8.78 Å².